The van der Waals surface area contributed by atoms with E-state index in [1.165, 1.54) is 0 Å². The molecular weight excluding hydrogens is 300 g/mol. The highest BCUT2D eigenvalue weighted by molar-refractivity contribution is 5.97. The molecule has 0 aliphatic heterocycles. The highest BCUT2D eigenvalue weighted by Crippen LogP contribution is 2.24. The van der Waals surface area contributed by atoms with Crippen molar-refractivity contribution in [1.29, 1.82) is 0 Å². The zero-order valence-corrected chi connectivity index (χ0v) is 14.3. The van der Waals surface area contributed by atoms with Gasteiger partial charge < -0.3 is 5.11 Å². The lowest BCUT2D eigenvalue weighted by Crippen LogP contribution is -2.05. The van der Waals surface area contributed by atoms with Gasteiger partial charge in [0.15, 0.2) is 5.78 Å². The number of aliphatic hydroxyl groups is 1. The van der Waals surface area contributed by atoms with Crippen molar-refractivity contribution in [2.45, 2.75) is 39.7 Å². The number of carbonyl (C=O) groups excluding carboxylic acids is 1. The van der Waals surface area contributed by atoms with Gasteiger partial charge in [0.25, 0.3) is 0 Å². The molecule has 124 valence electrons. The maximum atomic E-state index is 11.6. The van der Waals surface area contributed by atoms with Gasteiger partial charge in [-0.25, -0.2) is 4.98 Å². The van der Waals surface area contributed by atoms with E-state index in [0.717, 1.165) is 34.5 Å². The summed E-state index contributed by atoms with van der Waals surface area (Å²) in [7, 11) is 0. The number of imidazole rings is 1. The number of nitrogens with zero attached hydrogens (tertiary/aromatic N) is 2. The average Bonchev–Trinajstić information content (AvgIpc) is 2.92. The zero-order chi connectivity index (χ0) is 17.3. The second-order valence-electron chi connectivity index (χ2n) is 6.20. The smallest absolute Gasteiger partial charge is 0.159 e. The van der Waals surface area contributed by atoms with Crippen LogP contribution in [0.3, 0.4) is 0 Å². The molecule has 0 radical (unpaired) electrons. The van der Waals surface area contributed by atoms with Gasteiger partial charge in [0.05, 0.1) is 17.1 Å². The number of hydrogen-bond donors (Lipinski definition) is 1. The minimum Gasteiger partial charge on any atom is -0.393 e. The summed E-state index contributed by atoms with van der Waals surface area (Å²) in [6.45, 7) is 5.43. The van der Waals surface area contributed by atoms with Crippen LogP contribution in [0.25, 0.3) is 16.7 Å². The van der Waals surface area contributed by atoms with Crippen LogP contribution in [0, 0.1) is 0 Å². The van der Waals surface area contributed by atoms with E-state index in [2.05, 4.69) is 23.6 Å². The minimum atomic E-state index is -0.346. The molecule has 0 saturated heterocycles. The molecule has 0 bridgehead atoms. The van der Waals surface area contributed by atoms with Gasteiger partial charge in [-0.15, -0.1) is 0 Å². The zero-order valence-electron chi connectivity index (χ0n) is 14.3. The Bertz CT molecular complexity index is 877. The van der Waals surface area contributed by atoms with Gasteiger partial charge in [0, 0.05) is 17.7 Å². The molecule has 0 saturated carbocycles. The SMILES string of the molecule is CCc1nc2cc(C(C)=O)ccc2n1-c1ccc(C[C@@H](C)O)cc1. The van der Waals surface area contributed by atoms with Gasteiger partial charge in [-0.2, -0.15) is 0 Å². The lowest BCUT2D eigenvalue weighted by atomic mass is 10.1. The summed E-state index contributed by atoms with van der Waals surface area (Å²) in [5, 5.41) is 9.51. The van der Waals surface area contributed by atoms with Crippen LogP contribution >= 0.6 is 0 Å². The first-order valence-corrected chi connectivity index (χ1v) is 8.29. The fourth-order valence-corrected chi connectivity index (χ4v) is 3.00. The van der Waals surface area contributed by atoms with Crippen molar-refractivity contribution in [3.05, 3.63) is 59.4 Å². The number of rotatable bonds is 5. The highest BCUT2D eigenvalue weighted by Gasteiger charge is 2.13. The summed E-state index contributed by atoms with van der Waals surface area (Å²) in [5.74, 6) is 1.01. The minimum absolute atomic E-state index is 0.0481. The predicted molar refractivity (Wildman–Crippen MR) is 95.8 cm³/mol. The van der Waals surface area contributed by atoms with Crippen LogP contribution in [0.5, 0.6) is 0 Å². The van der Waals surface area contributed by atoms with Gasteiger partial charge in [0.1, 0.15) is 5.82 Å². The average molecular weight is 322 g/mol. The standard InChI is InChI=1S/C20H22N2O2/c1-4-20-21-18-12-16(14(3)24)7-10-19(18)22(20)17-8-5-15(6-9-17)11-13(2)23/h5-10,12-13,23H,4,11H2,1-3H3/t13-/m1/s1. The summed E-state index contributed by atoms with van der Waals surface area (Å²) in [6.07, 6.45) is 1.11. The van der Waals surface area contributed by atoms with Crippen LogP contribution < -0.4 is 0 Å². The third-order valence-corrected chi connectivity index (χ3v) is 4.17. The van der Waals surface area contributed by atoms with Crippen molar-refractivity contribution in [2.75, 3.05) is 0 Å². The third kappa shape index (κ3) is 3.10. The van der Waals surface area contributed by atoms with Gasteiger partial charge in [-0.3, -0.25) is 9.36 Å². The Morgan fingerprint density at radius 1 is 1.21 bits per heavy atom. The summed E-state index contributed by atoms with van der Waals surface area (Å²) >= 11 is 0. The Labute approximate surface area is 141 Å². The van der Waals surface area contributed by atoms with Crippen LogP contribution in [0.15, 0.2) is 42.5 Å². The number of carbonyl (C=O) groups is 1. The molecule has 0 amide bonds. The quantitative estimate of drug-likeness (QED) is 0.729. The van der Waals surface area contributed by atoms with Crippen LogP contribution in [-0.4, -0.2) is 26.5 Å². The molecule has 1 aromatic heterocycles. The second-order valence-corrected chi connectivity index (χ2v) is 6.20. The van der Waals surface area contributed by atoms with E-state index in [1.54, 1.807) is 13.8 Å². The number of aryl methyl sites for hydroxylation is 1. The van der Waals surface area contributed by atoms with Crippen molar-refractivity contribution in [1.82, 2.24) is 9.55 Å². The number of aromatic nitrogens is 2. The molecule has 1 atom stereocenters. The van der Waals surface area contributed by atoms with E-state index in [4.69, 9.17) is 4.98 Å². The van der Waals surface area contributed by atoms with E-state index in [1.807, 2.05) is 30.3 Å². The number of benzene rings is 2. The highest BCUT2D eigenvalue weighted by atomic mass is 16.3. The molecular formula is C20H22N2O2. The number of hydrogen-bond acceptors (Lipinski definition) is 3. The maximum absolute atomic E-state index is 11.6. The van der Waals surface area contributed by atoms with Crippen molar-refractivity contribution in [3.63, 3.8) is 0 Å². The molecule has 2 aromatic carbocycles. The van der Waals surface area contributed by atoms with Crippen molar-refractivity contribution >= 4 is 16.8 Å². The molecule has 4 nitrogen and oxygen atoms in total. The largest absolute Gasteiger partial charge is 0.393 e. The van der Waals surface area contributed by atoms with E-state index >= 15 is 0 Å². The predicted octanol–water partition coefficient (Wildman–Crippen LogP) is 3.71. The Morgan fingerprint density at radius 2 is 1.92 bits per heavy atom. The number of Topliss-reactive ketones (excluding diaryl/α,β-unsaturated/α-hetero) is 1. The third-order valence-electron chi connectivity index (χ3n) is 4.17. The van der Waals surface area contributed by atoms with E-state index in [9.17, 15) is 9.90 Å². The maximum Gasteiger partial charge on any atom is 0.159 e. The Balaban J connectivity index is 2.09. The molecule has 0 fully saturated rings. The number of fused-ring (bicyclic) bond motifs is 1. The normalized spacial score (nSPS) is 12.5. The van der Waals surface area contributed by atoms with Crippen LogP contribution in [0.1, 0.15) is 42.5 Å². The van der Waals surface area contributed by atoms with Gasteiger partial charge >= 0.3 is 0 Å². The van der Waals surface area contributed by atoms with E-state index < -0.39 is 0 Å². The first-order valence-electron chi connectivity index (χ1n) is 8.29. The fourth-order valence-electron chi connectivity index (χ4n) is 3.00. The molecule has 0 aliphatic rings. The first-order chi connectivity index (χ1) is 11.5. The molecule has 3 aromatic rings. The van der Waals surface area contributed by atoms with Gasteiger partial charge in [-0.05, 0) is 56.2 Å². The summed E-state index contributed by atoms with van der Waals surface area (Å²) in [6, 6.07) is 13.9. The van der Waals surface area contributed by atoms with Crippen LogP contribution in [0.2, 0.25) is 0 Å². The fraction of sp³-hybridized carbons (Fsp3) is 0.300. The molecule has 4 heteroatoms. The molecule has 3 rings (SSSR count). The number of aliphatic hydroxyl groups excluding tert-OH is 1. The first kappa shape index (κ1) is 16.4. The van der Waals surface area contributed by atoms with Crippen LogP contribution in [0.4, 0.5) is 0 Å². The lowest BCUT2D eigenvalue weighted by molar-refractivity contribution is 0.101. The monoisotopic (exact) mass is 322 g/mol. The summed E-state index contributed by atoms with van der Waals surface area (Å²) < 4.78 is 2.13. The van der Waals surface area contributed by atoms with Gasteiger partial charge in [-0.1, -0.05) is 19.1 Å². The number of ketones is 1. The van der Waals surface area contributed by atoms with Crippen molar-refractivity contribution < 1.29 is 9.90 Å². The molecule has 24 heavy (non-hydrogen) atoms. The molecule has 0 spiro atoms. The lowest BCUT2D eigenvalue weighted by Gasteiger charge is -2.10. The molecule has 0 aliphatic carbocycles. The van der Waals surface area contributed by atoms with E-state index in [-0.39, 0.29) is 11.9 Å². The Hall–Kier alpha value is -2.46. The Kier molecular flexibility index (Phi) is 4.49. The second kappa shape index (κ2) is 6.57. The summed E-state index contributed by atoms with van der Waals surface area (Å²) in [4.78, 5) is 16.3. The van der Waals surface area contributed by atoms with Gasteiger partial charge in [0.2, 0.25) is 0 Å². The van der Waals surface area contributed by atoms with Crippen molar-refractivity contribution in [2.24, 2.45) is 0 Å². The summed E-state index contributed by atoms with van der Waals surface area (Å²) in [5.41, 5.74) is 4.67. The molecule has 1 heterocycles. The topological polar surface area (TPSA) is 55.1 Å². The molecule has 1 N–H and O–H groups in total. The van der Waals surface area contributed by atoms with E-state index in [0.29, 0.717) is 12.0 Å². The molecule has 0 unspecified atom stereocenters. The van der Waals surface area contributed by atoms with Crippen LogP contribution in [-0.2, 0) is 12.8 Å². The Morgan fingerprint density at radius 3 is 2.50 bits per heavy atom. The van der Waals surface area contributed by atoms with Crippen molar-refractivity contribution in [3.8, 4) is 5.69 Å².